The minimum atomic E-state index is -0.675. The van der Waals surface area contributed by atoms with E-state index in [4.69, 9.17) is 16.3 Å². The largest absolute Gasteiger partial charge is 0.395 e. The van der Waals surface area contributed by atoms with Crippen molar-refractivity contribution < 1.29 is 9.63 Å². The summed E-state index contributed by atoms with van der Waals surface area (Å²) in [6, 6.07) is 0. The van der Waals surface area contributed by atoms with Crippen LogP contribution in [0.4, 0.5) is 5.13 Å². The fourth-order valence-corrected chi connectivity index (χ4v) is 1.69. The van der Waals surface area contributed by atoms with Crippen LogP contribution < -0.4 is 11.5 Å². The van der Waals surface area contributed by atoms with Gasteiger partial charge in [-0.1, -0.05) is 24.9 Å². The number of thiazole rings is 1. The first kappa shape index (κ1) is 13.4. The van der Waals surface area contributed by atoms with Crippen LogP contribution in [0, 0.1) is 0 Å². The third-order valence-corrected chi connectivity index (χ3v) is 2.67. The van der Waals surface area contributed by atoms with Gasteiger partial charge in [-0.2, -0.15) is 0 Å². The van der Waals surface area contributed by atoms with Crippen molar-refractivity contribution in [3.05, 3.63) is 11.1 Å². The molecule has 0 saturated heterocycles. The lowest BCUT2D eigenvalue weighted by atomic mass is 10.3. The molecular weight excluding hydrogens is 240 g/mol. The van der Waals surface area contributed by atoms with Gasteiger partial charge in [-0.15, -0.1) is 11.3 Å². The first-order valence-electron chi connectivity index (χ1n) is 5.36. The Morgan fingerprint density at radius 2 is 2.35 bits per heavy atom. The zero-order chi connectivity index (χ0) is 12.7. The smallest absolute Gasteiger partial charge is 0.273 e. The van der Waals surface area contributed by atoms with Crippen LogP contribution in [0.1, 0.15) is 31.9 Å². The molecule has 4 N–H and O–H groups in total. The summed E-state index contributed by atoms with van der Waals surface area (Å²) in [5, 5.41) is 5.69. The Bertz CT molecular complexity index is 403. The first-order chi connectivity index (χ1) is 8.15. The highest BCUT2D eigenvalue weighted by Gasteiger charge is 2.14. The summed E-state index contributed by atoms with van der Waals surface area (Å²) >= 11 is 1.22. The van der Waals surface area contributed by atoms with Crippen molar-refractivity contribution in [2.45, 2.75) is 26.2 Å². The van der Waals surface area contributed by atoms with Crippen molar-refractivity contribution in [1.82, 2.24) is 4.98 Å². The molecule has 1 rings (SSSR count). The molecule has 0 aliphatic carbocycles. The summed E-state index contributed by atoms with van der Waals surface area (Å²) in [5.41, 5.74) is 11.0. The molecule has 1 aromatic heterocycles. The van der Waals surface area contributed by atoms with Crippen LogP contribution in [0.5, 0.6) is 0 Å². The Morgan fingerprint density at radius 1 is 1.59 bits per heavy atom. The van der Waals surface area contributed by atoms with Gasteiger partial charge in [-0.05, 0) is 6.42 Å². The normalized spacial score (nSPS) is 11.5. The Kier molecular flexibility index (Phi) is 5.41. The van der Waals surface area contributed by atoms with E-state index in [1.807, 2.05) is 0 Å². The van der Waals surface area contributed by atoms with E-state index < -0.39 is 5.91 Å². The summed E-state index contributed by atoms with van der Waals surface area (Å²) in [7, 11) is 0. The highest BCUT2D eigenvalue weighted by Crippen LogP contribution is 2.12. The van der Waals surface area contributed by atoms with Gasteiger partial charge in [0.25, 0.3) is 5.91 Å². The topological polar surface area (TPSA) is 104 Å². The Morgan fingerprint density at radius 3 is 2.88 bits per heavy atom. The molecule has 1 heterocycles. The third kappa shape index (κ3) is 4.39. The molecule has 0 aliphatic heterocycles. The quantitative estimate of drug-likeness (QED) is 0.433. The molecular formula is C10H16N4O2S. The average Bonchev–Trinajstić information content (AvgIpc) is 2.69. The Hall–Kier alpha value is -1.63. The number of rotatable bonds is 7. The molecule has 0 bridgehead atoms. The fraction of sp³-hybridized carbons (Fsp3) is 0.500. The molecule has 0 aliphatic rings. The maximum Gasteiger partial charge on any atom is 0.273 e. The lowest BCUT2D eigenvalue weighted by molar-refractivity contribution is -0.112. The molecule has 6 nitrogen and oxygen atoms in total. The van der Waals surface area contributed by atoms with Crippen molar-refractivity contribution in [3.8, 4) is 0 Å². The van der Waals surface area contributed by atoms with Crippen LogP contribution in [0.3, 0.4) is 0 Å². The predicted molar refractivity (Wildman–Crippen MR) is 67.7 cm³/mol. The zero-order valence-corrected chi connectivity index (χ0v) is 10.5. The second-order valence-electron chi connectivity index (χ2n) is 3.42. The second-order valence-corrected chi connectivity index (χ2v) is 4.31. The van der Waals surface area contributed by atoms with E-state index >= 15 is 0 Å². The van der Waals surface area contributed by atoms with Gasteiger partial charge in [0.05, 0.1) is 0 Å². The van der Waals surface area contributed by atoms with Crippen LogP contribution in [-0.4, -0.2) is 23.2 Å². The van der Waals surface area contributed by atoms with Gasteiger partial charge in [0.2, 0.25) is 0 Å². The van der Waals surface area contributed by atoms with Crippen LogP contribution >= 0.6 is 11.3 Å². The number of carbonyl (C=O) groups is 1. The van der Waals surface area contributed by atoms with Crippen LogP contribution in [0.15, 0.2) is 10.5 Å². The molecule has 1 aromatic rings. The number of nitrogens with two attached hydrogens (primary N) is 2. The van der Waals surface area contributed by atoms with Gasteiger partial charge in [-0.25, -0.2) is 4.98 Å². The lowest BCUT2D eigenvalue weighted by Crippen LogP contribution is -2.25. The summed E-state index contributed by atoms with van der Waals surface area (Å²) in [4.78, 5) is 20.1. The van der Waals surface area contributed by atoms with E-state index in [9.17, 15) is 4.79 Å². The minimum Gasteiger partial charge on any atom is -0.395 e. The Labute approximate surface area is 104 Å². The van der Waals surface area contributed by atoms with Gasteiger partial charge < -0.3 is 16.3 Å². The molecule has 0 radical (unpaired) electrons. The minimum absolute atomic E-state index is 0.00875. The molecule has 94 valence electrons. The van der Waals surface area contributed by atoms with Gasteiger partial charge in [-0.3, -0.25) is 4.79 Å². The van der Waals surface area contributed by atoms with Crippen LogP contribution in [0.25, 0.3) is 0 Å². The SMILES string of the molecule is CCCCCO/N=C(\C(N)=O)c1csc(N)n1. The number of hydrogen-bond donors (Lipinski definition) is 2. The van der Waals surface area contributed by atoms with Crippen molar-refractivity contribution in [1.29, 1.82) is 0 Å². The van der Waals surface area contributed by atoms with E-state index in [0.717, 1.165) is 19.3 Å². The number of oxime groups is 1. The number of amides is 1. The number of nitrogens with zero attached hydrogens (tertiary/aromatic N) is 2. The zero-order valence-electron chi connectivity index (χ0n) is 9.68. The molecule has 0 unspecified atom stereocenters. The van der Waals surface area contributed by atoms with Gasteiger partial charge in [0.15, 0.2) is 10.8 Å². The van der Waals surface area contributed by atoms with E-state index in [-0.39, 0.29) is 5.71 Å². The molecule has 0 aromatic carbocycles. The summed E-state index contributed by atoms with van der Waals surface area (Å²) in [5.74, 6) is -0.675. The second kappa shape index (κ2) is 6.85. The molecule has 17 heavy (non-hydrogen) atoms. The van der Waals surface area contributed by atoms with Gasteiger partial charge in [0, 0.05) is 5.38 Å². The lowest BCUT2D eigenvalue weighted by Gasteiger charge is -2.00. The number of hydrogen-bond acceptors (Lipinski definition) is 6. The maximum atomic E-state index is 11.2. The number of carbonyl (C=O) groups excluding carboxylic acids is 1. The fourth-order valence-electron chi connectivity index (χ4n) is 1.14. The average molecular weight is 256 g/mol. The molecule has 7 heteroatoms. The van der Waals surface area contributed by atoms with E-state index in [1.165, 1.54) is 11.3 Å². The van der Waals surface area contributed by atoms with E-state index in [0.29, 0.717) is 17.4 Å². The van der Waals surface area contributed by atoms with Crippen LogP contribution in [0.2, 0.25) is 0 Å². The Balaban J connectivity index is 2.60. The molecule has 1 amide bonds. The molecule has 0 saturated carbocycles. The van der Waals surface area contributed by atoms with Crippen molar-refractivity contribution in [2.24, 2.45) is 10.9 Å². The number of primary amides is 1. The number of anilines is 1. The first-order valence-corrected chi connectivity index (χ1v) is 6.24. The molecule has 0 fully saturated rings. The monoisotopic (exact) mass is 256 g/mol. The summed E-state index contributed by atoms with van der Waals surface area (Å²) in [6.45, 7) is 2.56. The highest BCUT2D eigenvalue weighted by molar-refractivity contribution is 7.13. The van der Waals surface area contributed by atoms with Gasteiger partial charge in [0.1, 0.15) is 12.3 Å². The number of unbranched alkanes of at least 4 members (excludes halogenated alkanes) is 2. The van der Waals surface area contributed by atoms with E-state index in [2.05, 4.69) is 17.1 Å². The van der Waals surface area contributed by atoms with Crippen molar-refractivity contribution in [3.63, 3.8) is 0 Å². The van der Waals surface area contributed by atoms with Gasteiger partial charge >= 0.3 is 0 Å². The predicted octanol–water partition coefficient (Wildman–Crippen LogP) is 1.12. The molecule has 0 spiro atoms. The highest BCUT2D eigenvalue weighted by atomic mass is 32.1. The number of aromatic nitrogens is 1. The van der Waals surface area contributed by atoms with Crippen LogP contribution in [-0.2, 0) is 9.63 Å². The number of nitrogen functional groups attached to an aromatic ring is 1. The standard InChI is InChI=1S/C10H16N4O2S/c1-2-3-4-5-16-14-8(9(11)15)7-6-17-10(12)13-7/h6H,2-5H2,1H3,(H2,11,15)(H2,12,13)/b14-8-. The van der Waals surface area contributed by atoms with E-state index in [1.54, 1.807) is 5.38 Å². The summed E-state index contributed by atoms with van der Waals surface area (Å²) in [6.07, 6.45) is 3.05. The van der Waals surface area contributed by atoms with Crippen molar-refractivity contribution >= 4 is 28.1 Å². The third-order valence-electron chi connectivity index (χ3n) is 1.99. The maximum absolute atomic E-state index is 11.2. The van der Waals surface area contributed by atoms with Crippen molar-refractivity contribution in [2.75, 3.05) is 12.3 Å². The summed E-state index contributed by atoms with van der Waals surface area (Å²) < 4.78 is 0. The molecule has 0 atom stereocenters.